The first kappa shape index (κ1) is 25.6. The van der Waals surface area contributed by atoms with Crippen LogP contribution in [0.5, 0.6) is 0 Å². The van der Waals surface area contributed by atoms with Gasteiger partial charge in [-0.1, -0.05) is 44.0 Å². The number of unbranched alkanes of at least 4 members (excludes halogenated alkanes) is 1. The normalized spacial score (nSPS) is 17.5. The maximum Gasteiger partial charge on any atom is 0.310 e. The summed E-state index contributed by atoms with van der Waals surface area (Å²) >= 11 is 6.00. The Morgan fingerprint density at radius 1 is 1.22 bits per heavy atom. The summed E-state index contributed by atoms with van der Waals surface area (Å²) in [7, 11) is 0. The number of esters is 1. The highest BCUT2D eigenvalue weighted by atomic mass is 35.5. The van der Waals surface area contributed by atoms with Gasteiger partial charge < -0.3 is 25.0 Å². The number of benzene rings is 1. The van der Waals surface area contributed by atoms with Crippen molar-refractivity contribution in [2.75, 3.05) is 26.2 Å². The highest BCUT2D eigenvalue weighted by Gasteiger charge is 2.37. The molecule has 10 heteroatoms. The maximum atomic E-state index is 12.6. The van der Waals surface area contributed by atoms with Gasteiger partial charge in [0.1, 0.15) is 6.04 Å². The minimum atomic E-state index is -0.830. The maximum absolute atomic E-state index is 12.6. The zero-order valence-corrected chi connectivity index (χ0v) is 19.2. The largest absolute Gasteiger partial charge is 0.433 e. The first-order chi connectivity index (χ1) is 15.3. The van der Waals surface area contributed by atoms with Crippen LogP contribution in [0.25, 0.3) is 0 Å². The van der Waals surface area contributed by atoms with Crippen molar-refractivity contribution in [3.05, 3.63) is 34.9 Å². The van der Waals surface area contributed by atoms with Crippen LogP contribution in [-0.2, 0) is 23.9 Å². The van der Waals surface area contributed by atoms with Gasteiger partial charge in [0.25, 0.3) is 5.91 Å². The van der Waals surface area contributed by atoms with E-state index in [0.29, 0.717) is 19.6 Å². The Hall–Kier alpha value is -2.65. The fourth-order valence-electron chi connectivity index (χ4n) is 3.14. The van der Waals surface area contributed by atoms with Crippen LogP contribution in [-0.4, -0.2) is 67.2 Å². The molecular formula is C22H30ClN3O6. The Labute approximate surface area is 192 Å². The third-order valence-electron chi connectivity index (χ3n) is 4.79. The second-order valence-electron chi connectivity index (χ2n) is 7.44. The van der Waals surface area contributed by atoms with Gasteiger partial charge in [0.2, 0.25) is 18.1 Å². The SMILES string of the molecule is CCCCO[C@@H]1OC(=O)C[C@@H]1NC(=O)CN(CCC)C(=O)CNC(=O)c1ccccc1Cl. The second kappa shape index (κ2) is 13.0. The van der Waals surface area contributed by atoms with E-state index in [0.717, 1.165) is 12.8 Å². The minimum absolute atomic E-state index is 0.0121. The van der Waals surface area contributed by atoms with Crippen molar-refractivity contribution in [1.82, 2.24) is 15.5 Å². The number of nitrogens with one attached hydrogen (secondary N) is 2. The van der Waals surface area contributed by atoms with Crippen LogP contribution in [0.4, 0.5) is 0 Å². The highest BCUT2D eigenvalue weighted by molar-refractivity contribution is 6.33. The molecule has 0 aromatic heterocycles. The van der Waals surface area contributed by atoms with Crippen LogP contribution in [0.2, 0.25) is 5.02 Å². The average Bonchev–Trinajstić information content (AvgIpc) is 3.10. The number of hydrogen-bond acceptors (Lipinski definition) is 6. The summed E-state index contributed by atoms with van der Waals surface area (Å²) in [6.45, 7) is 4.17. The molecule has 1 saturated heterocycles. The summed E-state index contributed by atoms with van der Waals surface area (Å²) in [6, 6.07) is 5.92. The molecule has 9 nitrogen and oxygen atoms in total. The summed E-state index contributed by atoms with van der Waals surface area (Å²) in [5, 5.41) is 5.54. The molecule has 1 fully saturated rings. The van der Waals surface area contributed by atoms with Gasteiger partial charge in [-0.25, -0.2) is 0 Å². The number of hydrogen-bond donors (Lipinski definition) is 2. The lowest BCUT2D eigenvalue weighted by atomic mass is 10.2. The third-order valence-corrected chi connectivity index (χ3v) is 5.12. The molecule has 2 N–H and O–H groups in total. The minimum Gasteiger partial charge on any atom is -0.433 e. The quantitative estimate of drug-likeness (QED) is 0.358. The van der Waals surface area contributed by atoms with E-state index in [4.69, 9.17) is 21.1 Å². The molecule has 1 heterocycles. The smallest absolute Gasteiger partial charge is 0.310 e. The zero-order chi connectivity index (χ0) is 23.5. The van der Waals surface area contributed by atoms with Gasteiger partial charge in [-0.15, -0.1) is 0 Å². The molecule has 0 aliphatic carbocycles. The van der Waals surface area contributed by atoms with Gasteiger partial charge in [0.05, 0.1) is 36.7 Å². The van der Waals surface area contributed by atoms with Crippen molar-refractivity contribution in [3.63, 3.8) is 0 Å². The Morgan fingerprint density at radius 3 is 2.66 bits per heavy atom. The lowest BCUT2D eigenvalue weighted by Gasteiger charge is -2.24. The van der Waals surface area contributed by atoms with Crippen LogP contribution < -0.4 is 10.6 Å². The molecular weight excluding hydrogens is 438 g/mol. The molecule has 1 aromatic rings. The van der Waals surface area contributed by atoms with Crippen LogP contribution in [0.15, 0.2) is 24.3 Å². The van der Waals surface area contributed by atoms with Crippen LogP contribution in [0.1, 0.15) is 49.9 Å². The Morgan fingerprint density at radius 2 is 1.97 bits per heavy atom. The Bertz CT molecular complexity index is 819. The van der Waals surface area contributed by atoms with E-state index in [1.807, 2.05) is 13.8 Å². The van der Waals surface area contributed by atoms with Gasteiger partial charge >= 0.3 is 5.97 Å². The number of carbonyl (C=O) groups excluding carboxylic acids is 4. The molecule has 0 bridgehead atoms. The van der Waals surface area contributed by atoms with Crippen molar-refractivity contribution in [2.24, 2.45) is 0 Å². The van der Waals surface area contributed by atoms with Crippen molar-refractivity contribution in [2.45, 2.75) is 51.9 Å². The number of carbonyl (C=O) groups is 4. The molecule has 32 heavy (non-hydrogen) atoms. The lowest BCUT2D eigenvalue weighted by molar-refractivity contribution is -0.165. The third kappa shape index (κ3) is 7.80. The molecule has 0 radical (unpaired) electrons. The molecule has 2 rings (SSSR count). The summed E-state index contributed by atoms with van der Waals surface area (Å²) in [6.07, 6.45) is 1.55. The van der Waals surface area contributed by atoms with Gasteiger partial charge in [-0.05, 0) is 25.0 Å². The summed E-state index contributed by atoms with van der Waals surface area (Å²) in [5.41, 5.74) is 0.266. The van der Waals surface area contributed by atoms with E-state index in [9.17, 15) is 19.2 Å². The number of halogens is 1. The van der Waals surface area contributed by atoms with Gasteiger partial charge in [0, 0.05) is 6.54 Å². The molecule has 0 spiro atoms. The first-order valence-electron chi connectivity index (χ1n) is 10.8. The molecule has 2 atom stereocenters. The van der Waals surface area contributed by atoms with Gasteiger partial charge in [-0.2, -0.15) is 0 Å². The van der Waals surface area contributed by atoms with Crippen LogP contribution in [0, 0.1) is 0 Å². The average molecular weight is 468 g/mol. The predicted molar refractivity (Wildman–Crippen MR) is 118 cm³/mol. The highest BCUT2D eigenvalue weighted by Crippen LogP contribution is 2.17. The Balaban J connectivity index is 1.88. The summed E-state index contributed by atoms with van der Waals surface area (Å²) < 4.78 is 10.7. The van der Waals surface area contributed by atoms with Crippen LogP contribution >= 0.6 is 11.6 Å². The fourth-order valence-corrected chi connectivity index (χ4v) is 3.37. The van der Waals surface area contributed by atoms with Gasteiger partial charge in [-0.3, -0.25) is 19.2 Å². The van der Waals surface area contributed by atoms with E-state index >= 15 is 0 Å². The number of ether oxygens (including phenoxy) is 2. The topological polar surface area (TPSA) is 114 Å². The molecule has 176 valence electrons. The molecule has 0 saturated carbocycles. The van der Waals surface area contributed by atoms with E-state index in [1.165, 1.54) is 4.90 Å². The zero-order valence-electron chi connectivity index (χ0n) is 18.4. The summed E-state index contributed by atoms with van der Waals surface area (Å²) in [4.78, 5) is 50.4. The van der Waals surface area contributed by atoms with E-state index in [1.54, 1.807) is 24.3 Å². The number of cyclic esters (lactones) is 1. The standard InChI is InChI=1S/C22H30ClN3O6/c1-3-5-11-31-22-17(12-20(29)32-22)25-18(27)14-26(10-4-2)19(28)13-24-21(30)15-8-6-7-9-16(15)23/h6-9,17,22H,3-5,10-14H2,1-2H3,(H,24,30)(H,25,27)/t17-,22+/m0/s1. The first-order valence-corrected chi connectivity index (χ1v) is 11.1. The van der Waals surface area contributed by atoms with E-state index in [2.05, 4.69) is 10.6 Å². The van der Waals surface area contributed by atoms with E-state index < -0.39 is 36.0 Å². The van der Waals surface area contributed by atoms with Crippen molar-refractivity contribution >= 4 is 35.3 Å². The second-order valence-corrected chi connectivity index (χ2v) is 7.85. The van der Waals surface area contributed by atoms with E-state index in [-0.39, 0.29) is 30.1 Å². The van der Waals surface area contributed by atoms with Crippen molar-refractivity contribution < 1.29 is 28.7 Å². The van der Waals surface area contributed by atoms with Crippen molar-refractivity contribution in [3.8, 4) is 0 Å². The van der Waals surface area contributed by atoms with Gasteiger partial charge in [0.15, 0.2) is 0 Å². The predicted octanol–water partition coefficient (Wildman–Crippen LogP) is 1.88. The van der Waals surface area contributed by atoms with Crippen molar-refractivity contribution in [1.29, 1.82) is 0 Å². The Kier molecular flexibility index (Phi) is 10.4. The number of nitrogens with zero attached hydrogens (tertiary/aromatic N) is 1. The molecule has 1 aliphatic heterocycles. The molecule has 1 aromatic carbocycles. The molecule has 0 unspecified atom stereocenters. The fraction of sp³-hybridized carbons (Fsp3) is 0.545. The number of amides is 3. The summed E-state index contributed by atoms with van der Waals surface area (Å²) in [5.74, 6) is -1.76. The molecule has 1 aliphatic rings. The van der Waals surface area contributed by atoms with Crippen LogP contribution in [0.3, 0.4) is 0 Å². The number of rotatable bonds is 12. The lowest BCUT2D eigenvalue weighted by Crippen LogP contribution is -2.49. The monoisotopic (exact) mass is 467 g/mol. The molecule has 3 amide bonds.